The molecule has 0 saturated heterocycles. The predicted molar refractivity (Wildman–Crippen MR) is 96.1 cm³/mol. The smallest absolute Gasteiger partial charge is 0.429 e. The largest absolute Gasteiger partial charge is 0.743 e. The predicted octanol–water partition coefficient (Wildman–Crippen LogP) is 3.68. The zero-order valence-corrected chi connectivity index (χ0v) is 17.1. The Morgan fingerprint density at radius 1 is 1.31 bits per heavy atom. The Bertz CT molecular complexity index is 788. The number of carbonyl (C=O) groups is 1. The summed E-state index contributed by atoms with van der Waals surface area (Å²) >= 11 is 2.00. The summed E-state index contributed by atoms with van der Waals surface area (Å²) in [5.74, 6) is -2.22. The van der Waals surface area contributed by atoms with Gasteiger partial charge in [0.15, 0.2) is 10.1 Å². The molecule has 2 rings (SSSR count). The highest BCUT2D eigenvalue weighted by molar-refractivity contribution is 14.1. The number of halogens is 3. The Labute approximate surface area is 164 Å². The van der Waals surface area contributed by atoms with E-state index in [0.717, 1.165) is 25.7 Å². The highest BCUT2D eigenvalue weighted by Gasteiger charge is 2.49. The van der Waals surface area contributed by atoms with Gasteiger partial charge in [0.1, 0.15) is 17.1 Å². The molecule has 0 aliphatic heterocycles. The number of rotatable bonds is 6. The summed E-state index contributed by atoms with van der Waals surface area (Å²) in [5.41, 5.74) is -0.398. The van der Waals surface area contributed by atoms with Gasteiger partial charge >= 0.3 is 11.2 Å². The van der Waals surface area contributed by atoms with Crippen molar-refractivity contribution in [3.05, 3.63) is 21.8 Å². The molecule has 0 aromatic heterocycles. The molecule has 0 atom stereocenters. The van der Waals surface area contributed by atoms with Crippen LogP contribution in [0.25, 0.3) is 0 Å². The molecule has 0 N–H and O–H groups in total. The van der Waals surface area contributed by atoms with Gasteiger partial charge in [-0.05, 0) is 66.3 Å². The molecule has 1 saturated carbocycles. The molecule has 0 amide bonds. The lowest BCUT2D eigenvalue weighted by Gasteiger charge is -2.34. The SMILES string of the molecule is CC(C)C1(Oc2cc(OC(=O)C(F)(F)S(=O)(=O)[O-])ccc2I)CCCC1. The molecule has 0 bridgehead atoms. The zero-order valence-electron chi connectivity index (χ0n) is 14.1. The molecule has 6 nitrogen and oxygen atoms in total. The number of esters is 1. The number of benzene rings is 1. The van der Waals surface area contributed by atoms with Crippen LogP contribution in [0, 0.1) is 9.49 Å². The summed E-state index contributed by atoms with van der Waals surface area (Å²) in [6, 6.07) is 3.96. The summed E-state index contributed by atoms with van der Waals surface area (Å²) in [7, 11) is -6.17. The van der Waals surface area contributed by atoms with Crippen molar-refractivity contribution in [3.63, 3.8) is 0 Å². The molecule has 1 aliphatic carbocycles. The second-order valence-corrected chi connectivity index (χ2v) is 9.06. The van der Waals surface area contributed by atoms with E-state index in [-0.39, 0.29) is 11.7 Å². The van der Waals surface area contributed by atoms with Crippen molar-refractivity contribution in [3.8, 4) is 11.5 Å². The summed E-state index contributed by atoms with van der Waals surface area (Å²) in [4.78, 5) is 11.4. The van der Waals surface area contributed by atoms with Crippen molar-refractivity contribution in [2.45, 2.75) is 50.4 Å². The summed E-state index contributed by atoms with van der Waals surface area (Å²) in [6.07, 6.45) is 3.71. The van der Waals surface area contributed by atoms with E-state index in [9.17, 15) is 26.5 Å². The number of carbonyl (C=O) groups excluding carboxylic acids is 1. The second kappa shape index (κ2) is 7.55. The van der Waals surface area contributed by atoms with E-state index in [2.05, 4.69) is 4.74 Å². The van der Waals surface area contributed by atoms with Gasteiger partial charge in [0.2, 0.25) is 0 Å². The van der Waals surface area contributed by atoms with Crippen LogP contribution < -0.4 is 9.47 Å². The van der Waals surface area contributed by atoms with Crippen LogP contribution in [0.3, 0.4) is 0 Å². The molecule has 1 aromatic rings. The van der Waals surface area contributed by atoms with Crippen LogP contribution in [0.5, 0.6) is 11.5 Å². The summed E-state index contributed by atoms with van der Waals surface area (Å²) in [5, 5.41) is -5.17. The fourth-order valence-electron chi connectivity index (χ4n) is 2.88. The molecule has 1 aromatic carbocycles. The third kappa shape index (κ3) is 4.28. The van der Waals surface area contributed by atoms with Gasteiger partial charge < -0.3 is 14.0 Å². The molecule has 146 valence electrons. The van der Waals surface area contributed by atoms with Crippen molar-refractivity contribution in [2.24, 2.45) is 5.92 Å². The Morgan fingerprint density at radius 3 is 2.38 bits per heavy atom. The molecule has 0 radical (unpaired) electrons. The lowest BCUT2D eigenvalue weighted by Crippen LogP contribution is -2.40. The lowest BCUT2D eigenvalue weighted by atomic mass is 9.88. The van der Waals surface area contributed by atoms with Gasteiger partial charge in [0, 0.05) is 6.07 Å². The van der Waals surface area contributed by atoms with Gasteiger partial charge in [-0.15, -0.1) is 0 Å². The van der Waals surface area contributed by atoms with Crippen LogP contribution in [-0.2, 0) is 14.9 Å². The standard InChI is InChI=1S/C16H19F2IO6S/c1-10(2)15(7-3-4-8-15)25-13-9-11(5-6-12(13)19)24-14(20)16(17,18)26(21,22)23/h5-6,9-10H,3-4,7-8H2,1-2H3,(H,21,22,23)/p-1. The molecular weight excluding hydrogens is 485 g/mol. The van der Waals surface area contributed by atoms with Gasteiger partial charge in [-0.3, -0.25) is 0 Å². The van der Waals surface area contributed by atoms with Gasteiger partial charge in [-0.2, -0.15) is 8.78 Å². The van der Waals surface area contributed by atoms with Gasteiger partial charge in [0.05, 0.1) is 3.57 Å². The van der Waals surface area contributed by atoms with E-state index in [4.69, 9.17) is 4.74 Å². The van der Waals surface area contributed by atoms with Crippen molar-refractivity contribution in [2.75, 3.05) is 0 Å². The third-order valence-electron chi connectivity index (χ3n) is 4.48. The maximum absolute atomic E-state index is 13.3. The van der Waals surface area contributed by atoms with E-state index in [1.54, 1.807) is 0 Å². The Hall–Kier alpha value is -1.01. The van der Waals surface area contributed by atoms with E-state index >= 15 is 0 Å². The minimum atomic E-state index is -6.17. The quantitative estimate of drug-likeness (QED) is 0.255. The van der Waals surface area contributed by atoms with Crippen molar-refractivity contribution >= 4 is 38.7 Å². The number of ether oxygens (including phenoxy) is 2. The van der Waals surface area contributed by atoms with Crippen LogP contribution in [0.15, 0.2) is 18.2 Å². The van der Waals surface area contributed by atoms with Gasteiger partial charge in [0.25, 0.3) is 0 Å². The number of hydrogen-bond acceptors (Lipinski definition) is 6. The van der Waals surface area contributed by atoms with Gasteiger partial charge in [-0.1, -0.05) is 13.8 Å². The first kappa shape index (κ1) is 21.3. The monoisotopic (exact) mass is 503 g/mol. The van der Waals surface area contributed by atoms with Crippen LogP contribution in [0.4, 0.5) is 8.78 Å². The maximum Gasteiger partial charge on any atom is 0.429 e. The zero-order chi connectivity index (χ0) is 19.8. The summed E-state index contributed by atoms with van der Waals surface area (Å²) < 4.78 is 69.4. The fourth-order valence-corrected chi connectivity index (χ4v) is 3.57. The van der Waals surface area contributed by atoms with E-state index in [1.165, 1.54) is 18.2 Å². The van der Waals surface area contributed by atoms with Crippen LogP contribution in [0.2, 0.25) is 0 Å². The molecule has 1 aliphatic rings. The number of hydrogen-bond donors (Lipinski definition) is 0. The van der Waals surface area contributed by atoms with Gasteiger partial charge in [-0.25, -0.2) is 13.2 Å². The average molecular weight is 503 g/mol. The maximum atomic E-state index is 13.3. The van der Waals surface area contributed by atoms with E-state index in [0.29, 0.717) is 9.32 Å². The molecule has 1 fully saturated rings. The molecule has 10 heteroatoms. The molecule has 0 spiro atoms. The number of alkyl halides is 2. The van der Waals surface area contributed by atoms with E-state index < -0.39 is 26.9 Å². The summed E-state index contributed by atoms with van der Waals surface area (Å²) in [6.45, 7) is 4.06. The highest BCUT2D eigenvalue weighted by Crippen LogP contribution is 2.42. The molecular formula is C16H18F2IO6S-. The molecule has 0 unspecified atom stereocenters. The highest BCUT2D eigenvalue weighted by atomic mass is 127. The Balaban J connectivity index is 2.26. The third-order valence-corrected chi connectivity index (χ3v) is 6.17. The Kier molecular flexibility index (Phi) is 6.18. The van der Waals surface area contributed by atoms with Crippen LogP contribution in [0.1, 0.15) is 39.5 Å². The van der Waals surface area contributed by atoms with E-state index in [1.807, 2.05) is 36.4 Å². The second-order valence-electron chi connectivity index (χ2n) is 6.48. The minimum absolute atomic E-state index is 0.210. The Morgan fingerprint density at radius 2 is 1.88 bits per heavy atom. The van der Waals surface area contributed by atoms with Crippen molar-refractivity contribution in [1.82, 2.24) is 0 Å². The minimum Gasteiger partial charge on any atom is -0.743 e. The lowest BCUT2D eigenvalue weighted by molar-refractivity contribution is -0.151. The topological polar surface area (TPSA) is 92.7 Å². The van der Waals surface area contributed by atoms with Crippen LogP contribution in [-0.4, -0.2) is 29.8 Å². The first-order chi connectivity index (χ1) is 11.9. The van der Waals surface area contributed by atoms with Crippen LogP contribution >= 0.6 is 22.6 Å². The van der Waals surface area contributed by atoms with Crippen molar-refractivity contribution in [1.29, 1.82) is 0 Å². The molecule has 26 heavy (non-hydrogen) atoms. The normalized spacial score (nSPS) is 17.3. The first-order valence-electron chi connectivity index (χ1n) is 7.93. The first-order valence-corrected chi connectivity index (χ1v) is 10.4. The molecule has 0 heterocycles. The fraction of sp³-hybridized carbons (Fsp3) is 0.562. The van der Waals surface area contributed by atoms with Crippen molar-refractivity contribution < 1.29 is 36.0 Å². The average Bonchev–Trinajstić information content (AvgIpc) is 2.99.